The minimum absolute atomic E-state index is 0.00123. The summed E-state index contributed by atoms with van der Waals surface area (Å²) in [5.74, 6) is -0.495. The molecular formula is C23H22FNO2. The van der Waals surface area contributed by atoms with Gasteiger partial charge < -0.3 is 0 Å². The van der Waals surface area contributed by atoms with Crippen LogP contribution in [0.4, 0.5) is 10.1 Å². The molecule has 0 aromatic heterocycles. The maximum atomic E-state index is 13.4. The summed E-state index contributed by atoms with van der Waals surface area (Å²) in [6, 6.07) is 14.1. The van der Waals surface area contributed by atoms with Crippen LogP contribution in [-0.2, 0) is 16.0 Å². The van der Waals surface area contributed by atoms with Crippen molar-refractivity contribution in [1.82, 2.24) is 0 Å². The molecule has 1 aliphatic heterocycles. The molecule has 1 unspecified atom stereocenters. The molecule has 2 aromatic carbocycles. The van der Waals surface area contributed by atoms with Crippen LogP contribution in [-0.4, -0.2) is 11.7 Å². The second-order valence-electron chi connectivity index (χ2n) is 7.16. The van der Waals surface area contributed by atoms with Crippen molar-refractivity contribution in [3.8, 4) is 0 Å². The SMILES string of the molecule is CCc1ccccc1N1C(=O)CC(c2ccc(F)cc2)C2=C1CCCC2=O. The van der Waals surface area contributed by atoms with Crippen molar-refractivity contribution in [2.45, 2.75) is 44.9 Å². The quantitative estimate of drug-likeness (QED) is 0.776. The van der Waals surface area contributed by atoms with Crippen LogP contribution in [0.1, 0.15) is 49.7 Å². The number of para-hydroxylation sites is 1. The van der Waals surface area contributed by atoms with Gasteiger partial charge in [-0.15, -0.1) is 0 Å². The first-order valence-electron chi connectivity index (χ1n) is 9.52. The van der Waals surface area contributed by atoms with E-state index in [4.69, 9.17) is 0 Å². The molecule has 0 saturated carbocycles. The number of hydrogen-bond donors (Lipinski definition) is 0. The number of amides is 1. The number of aryl methyl sites for hydroxylation is 1. The number of benzene rings is 2. The zero-order valence-electron chi connectivity index (χ0n) is 15.4. The lowest BCUT2D eigenvalue weighted by atomic mass is 9.77. The van der Waals surface area contributed by atoms with Crippen LogP contribution >= 0.6 is 0 Å². The monoisotopic (exact) mass is 363 g/mol. The Bertz CT molecular complexity index is 930. The van der Waals surface area contributed by atoms with Crippen molar-refractivity contribution in [2.75, 3.05) is 4.90 Å². The van der Waals surface area contributed by atoms with Crippen molar-refractivity contribution in [2.24, 2.45) is 0 Å². The van der Waals surface area contributed by atoms with E-state index < -0.39 is 0 Å². The predicted octanol–water partition coefficient (Wildman–Crippen LogP) is 4.92. The molecular weight excluding hydrogens is 341 g/mol. The minimum Gasteiger partial charge on any atom is -0.294 e. The Labute approximate surface area is 158 Å². The van der Waals surface area contributed by atoms with E-state index in [1.165, 1.54) is 12.1 Å². The van der Waals surface area contributed by atoms with Crippen LogP contribution in [0.5, 0.6) is 0 Å². The molecule has 1 heterocycles. The lowest BCUT2D eigenvalue weighted by Crippen LogP contribution is -2.41. The van der Waals surface area contributed by atoms with Crippen LogP contribution in [0, 0.1) is 5.82 Å². The van der Waals surface area contributed by atoms with E-state index in [1.807, 2.05) is 24.3 Å². The van der Waals surface area contributed by atoms with E-state index in [0.717, 1.165) is 40.9 Å². The summed E-state index contributed by atoms with van der Waals surface area (Å²) in [6.07, 6.45) is 3.02. The molecule has 0 spiro atoms. The maximum Gasteiger partial charge on any atom is 0.232 e. The van der Waals surface area contributed by atoms with Gasteiger partial charge in [0.15, 0.2) is 5.78 Å². The van der Waals surface area contributed by atoms with Crippen LogP contribution in [0.25, 0.3) is 0 Å². The van der Waals surface area contributed by atoms with Gasteiger partial charge in [0.2, 0.25) is 5.91 Å². The lowest BCUT2D eigenvalue weighted by molar-refractivity contribution is -0.119. The van der Waals surface area contributed by atoms with Crippen molar-refractivity contribution in [1.29, 1.82) is 0 Å². The minimum atomic E-state index is -0.316. The molecule has 1 amide bonds. The fourth-order valence-corrected chi connectivity index (χ4v) is 4.28. The first-order chi connectivity index (χ1) is 13.1. The average Bonchev–Trinajstić information content (AvgIpc) is 2.68. The van der Waals surface area contributed by atoms with Gasteiger partial charge in [-0.25, -0.2) is 4.39 Å². The van der Waals surface area contributed by atoms with Gasteiger partial charge in [0.25, 0.3) is 0 Å². The third-order valence-corrected chi connectivity index (χ3v) is 5.56. The summed E-state index contributed by atoms with van der Waals surface area (Å²) in [7, 11) is 0. The van der Waals surface area contributed by atoms with Gasteiger partial charge in [0, 0.05) is 30.0 Å². The van der Waals surface area contributed by atoms with E-state index in [1.54, 1.807) is 17.0 Å². The predicted molar refractivity (Wildman–Crippen MR) is 103 cm³/mol. The van der Waals surface area contributed by atoms with Crippen LogP contribution < -0.4 is 4.90 Å². The van der Waals surface area contributed by atoms with Gasteiger partial charge >= 0.3 is 0 Å². The summed E-state index contributed by atoms with van der Waals surface area (Å²) < 4.78 is 13.4. The second kappa shape index (κ2) is 7.10. The number of halogens is 1. The van der Waals surface area contributed by atoms with Crippen molar-refractivity contribution >= 4 is 17.4 Å². The highest BCUT2D eigenvalue weighted by atomic mass is 19.1. The van der Waals surface area contributed by atoms with Crippen LogP contribution in [0.15, 0.2) is 59.8 Å². The van der Waals surface area contributed by atoms with E-state index in [-0.39, 0.29) is 29.8 Å². The first kappa shape index (κ1) is 17.7. The van der Waals surface area contributed by atoms with E-state index >= 15 is 0 Å². The Kier molecular flexibility index (Phi) is 4.65. The molecule has 4 heteroatoms. The number of nitrogens with zero attached hydrogens (tertiary/aromatic N) is 1. The highest BCUT2D eigenvalue weighted by Gasteiger charge is 2.40. The van der Waals surface area contributed by atoms with E-state index in [0.29, 0.717) is 12.8 Å². The van der Waals surface area contributed by atoms with Crippen molar-refractivity contribution in [3.05, 3.63) is 76.7 Å². The van der Waals surface area contributed by atoms with Crippen molar-refractivity contribution < 1.29 is 14.0 Å². The third kappa shape index (κ3) is 3.09. The number of ketones is 1. The summed E-state index contributed by atoms with van der Waals surface area (Å²) in [4.78, 5) is 27.8. The molecule has 0 fully saturated rings. The number of anilines is 1. The zero-order valence-corrected chi connectivity index (χ0v) is 15.4. The Morgan fingerprint density at radius 1 is 1.04 bits per heavy atom. The Morgan fingerprint density at radius 2 is 1.78 bits per heavy atom. The molecule has 0 bridgehead atoms. The standard InChI is InChI=1S/C23H22FNO2/c1-2-15-6-3-4-7-19(15)25-20-8-5-9-21(26)23(20)18(14-22(25)27)16-10-12-17(24)13-11-16/h3-4,6-7,10-13,18H,2,5,8-9,14H2,1H3. The number of hydrogen-bond acceptors (Lipinski definition) is 2. The van der Waals surface area contributed by atoms with Gasteiger partial charge in [-0.05, 0) is 48.6 Å². The average molecular weight is 363 g/mol. The Morgan fingerprint density at radius 3 is 2.52 bits per heavy atom. The van der Waals surface area contributed by atoms with Crippen molar-refractivity contribution in [3.63, 3.8) is 0 Å². The highest BCUT2D eigenvalue weighted by molar-refractivity contribution is 6.07. The van der Waals surface area contributed by atoms with E-state index in [2.05, 4.69) is 6.92 Å². The molecule has 2 aliphatic rings. The Hall–Kier alpha value is -2.75. The Balaban J connectivity index is 1.87. The summed E-state index contributed by atoms with van der Waals surface area (Å²) in [6.45, 7) is 2.07. The lowest BCUT2D eigenvalue weighted by Gasteiger charge is -2.39. The normalized spacial score (nSPS) is 20.1. The third-order valence-electron chi connectivity index (χ3n) is 5.56. The maximum absolute atomic E-state index is 13.4. The number of allylic oxidation sites excluding steroid dienone is 2. The van der Waals surface area contributed by atoms with Crippen LogP contribution in [0.2, 0.25) is 0 Å². The smallest absolute Gasteiger partial charge is 0.232 e. The van der Waals surface area contributed by atoms with Gasteiger partial charge in [-0.2, -0.15) is 0 Å². The summed E-state index contributed by atoms with van der Waals surface area (Å²) in [5, 5.41) is 0. The fourth-order valence-electron chi connectivity index (χ4n) is 4.28. The van der Waals surface area contributed by atoms with E-state index in [9.17, 15) is 14.0 Å². The molecule has 1 aliphatic carbocycles. The molecule has 0 saturated heterocycles. The van der Waals surface area contributed by atoms with Gasteiger partial charge in [-0.1, -0.05) is 37.3 Å². The number of Topliss-reactive ketones (excluding diaryl/α,β-unsaturated/α-hetero) is 1. The highest BCUT2D eigenvalue weighted by Crippen LogP contribution is 2.44. The zero-order chi connectivity index (χ0) is 19.0. The van der Waals surface area contributed by atoms with Crippen LogP contribution in [0.3, 0.4) is 0 Å². The molecule has 4 rings (SSSR count). The molecule has 0 radical (unpaired) electrons. The molecule has 138 valence electrons. The molecule has 2 aromatic rings. The second-order valence-corrected chi connectivity index (χ2v) is 7.16. The molecule has 27 heavy (non-hydrogen) atoms. The topological polar surface area (TPSA) is 37.4 Å². The first-order valence-corrected chi connectivity index (χ1v) is 9.52. The van der Waals surface area contributed by atoms with Gasteiger partial charge in [-0.3, -0.25) is 14.5 Å². The number of carbonyl (C=O) groups is 2. The number of carbonyl (C=O) groups excluding carboxylic acids is 2. The fraction of sp³-hybridized carbons (Fsp3) is 0.304. The molecule has 1 atom stereocenters. The molecule has 3 nitrogen and oxygen atoms in total. The van der Waals surface area contributed by atoms with Gasteiger partial charge in [0.05, 0.1) is 5.69 Å². The largest absolute Gasteiger partial charge is 0.294 e. The summed E-state index contributed by atoms with van der Waals surface area (Å²) >= 11 is 0. The van der Waals surface area contributed by atoms with Gasteiger partial charge in [0.1, 0.15) is 5.82 Å². The summed E-state index contributed by atoms with van der Waals surface area (Å²) in [5.41, 5.74) is 4.37. The molecule has 0 N–H and O–H groups in total. The number of rotatable bonds is 3.